The van der Waals surface area contributed by atoms with E-state index in [9.17, 15) is 0 Å². The highest BCUT2D eigenvalue weighted by atomic mass is 15.4. The number of hydrogen-bond acceptors (Lipinski definition) is 6. The Kier molecular flexibility index (Phi) is 5.16. The molecule has 0 unspecified atom stereocenters. The van der Waals surface area contributed by atoms with Crippen LogP contribution in [0.25, 0.3) is 27.9 Å². The molecule has 0 aliphatic carbocycles. The molecular weight excluding hydrogens is 410 g/mol. The van der Waals surface area contributed by atoms with Crippen molar-refractivity contribution in [2.45, 2.75) is 25.4 Å². The van der Waals surface area contributed by atoms with Crippen molar-refractivity contribution in [2.75, 3.05) is 18.4 Å². The Balaban J connectivity index is 1.27. The van der Waals surface area contributed by atoms with Gasteiger partial charge in [0.25, 0.3) is 0 Å². The van der Waals surface area contributed by atoms with Gasteiger partial charge in [0.1, 0.15) is 0 Å². The SMILES string of the molecule is c1ccc(CN2CCC(Nc3nc4ccccc4c4nc(-c5cccnc5)nn34)CC2)cc1. The van der Waals surface area contributed by atoms with Crippen molar-refractivity contribution in [3.8, 4) is 11.4 Å². The molecule has 0 amide bonds. The fourth-order valence-corrected chi connectivity index (χ4v) is 4.53. The van der Waals surface area contributed by atoms with Crippen molar-refractivity contribution in [1.29, 1.82) is 0 Å². The van der Waals surface area contributed by atoms with Gasteiger partial charge in [0.2, 0.25) is 5.95 Å². The van der Waals surface area contributed by atoms with E-state index in [0.29, 0.717) is 11.9 Å². The van der Waals surface area contributed by atoms with Gasteiger partial charge >= 0.3 is 0 Å². The van der Waals surface area contributed by atoms with Crippen LogP contribution in [0.5, 0.6) is 0 Å². The number of benzene rings is 2. The second-order valence-corrected chi connectivity index (χ2v) is 8.55. The molecule has 7 nitrogen and oxygen atoms in total. The third-order valence-electron chi connectivity index (χ3n) is 6.27. The molecule has 0 spiro atoms. The molecule has 6 rings (SSSR count). The first-order valence-corrected chi connectivity index (χ1v) is 11.4. The smallest absolute Gasteiger partial charge is 0.226 e. The Hall–Kier alpha value is -3.84. The number of fused-ring (bicyclic) bond motifs is 3. The molecule has 1 N–H and O–H groups in total. The first kappa shape index (κ1) is 19.8. The number of pyridine rings is 1. The molecule has 1 aliphatic heterocycles. The van der Waals surface area contributed by atoms with Crippen LogP contribution in [0.4, 0.5) is 5.95 Å². The molecule has 2 aromatic carbocycles. The highest BCUT2D eigenvalue weighted by Gasteiger charge is 2.22. The molecule has 5 aromatic rings. The van der Waals surface area contributed by atoms with Gasteiger partial charge in [0, 0.05) is 49.0 Å². The van der Waals surface area contributed by atoms with Gasteiger partial charge < -0.3 is 5.32 Å². The number of piperidine rings is 1. The Morgan fingerprint density at radius 3 is 2.52 bits per heavy atom. The summed E-state index contributed by atoms with van der Waals surface area (Å²) < 4.78 is 1.85. The predicted molar refractivity (Wildman–Crippen MR) is 130 cm³/mol. The number of para-hydroxylation sites is 1. The second-order valence-electron chi connectivity index (χ2n) is 8.55. The maximum atomic E-state index is 4.91. The molecule has 164 valence electrons. The maximum Gasteiger partial charge on any atom is 0.226 e. The van der Waals surface area contributed by atoms with Gasteiger partial charge in [-0.25, -0.2) is 9.97 Å². The maximum absolute atomic E-state index is 4.91. The Labute approximate surface area is 192 Å². The molecule has 0 atom stereocenters. The van der Waals surface area contributed by atoms with E-state index in [1.165, 1.54) is 5.56 Å². The van der Waals surface area contributed by atoms with Crippen LogP contribution in [0.3, 0.4) is 0 Å². The topological polar surface area (TPSA) is 71.2 Å². The molecule has 7 heteroatoms. The van der Waals surface area contributed by atoms with E-state index >= 15 is 0 Å². The fraction of sp³-hybridized carbons (Fsp3) is 0.231. The van der Waals surface area contributed by atoms with E-state index in [1.807, 2.05) is 40.9 Å². The summed E-state index contributed by atoms with van der Waals surface area (Å²) in [4.78, 5) is 16.5. The van der Waals surface area contributed by atoms with E-state index in [2.05, 4.69) is 45.5 Å². The Morgan fingerprint density at radius 2 is 1.70 bits per heavy atom. The average molecular weight is 436 g/mol. The van der Waals surface area contributed by atoms with E-state index in [1.54, 1.807) is 12.4 Å². The van der Waals surface area contributed by atoms with Gasteiger partial charge in [-0.1, -0.05) is 42.5 Å². The lowest BCUT2D eigenvalue weighted by atomic mass is 10.0. The monoisotopic (exact) mass is 435 g/mol. The lowest BCUT2D eigenvalue weighted by Crippen LogP contribution is -2.39. The first-order chi connectivity index (χ1) is 16.3. The van der Waals surface area contributed by atoms with Crippen LogP contribution in [-0.2, 0) is 6.54 Å². The van der Waals surface area contributed by atoms with E-state index in [0.717, 1.165) is 60.5 Å². The Morgan fingerprint density at radius 1 is 0.879 bits per heavy atom. The second kappa shape index (κ2) is 8.60. The summed E-state index contributed by atoms with van der Waals surface area (Å²) in [6.45, 7) is 3.12. The standard InChI is InChI=1S/C26H25N7/c1-2-7-19(8-3-1)18-32-15-12-21(13-16-32)28-26-29-23-11-5-4-10-22(23)25-30-24(31-33(25)26)20-9-6-14-27-17-20/h1-11,14,17,21H,12-13,15-16,18H2,(H,28,29). The number of nitrogens with one attached hydrogen (secondary N) is 1. The summed E-state index contributed by atoms with van der Waals surface area (Å²) in [7, 11) is 0. The number of rotatable bonds is 5. The van der Waals surface area contributed by atoms with Gasteiger partial charge in [0.15, 0.2) is 11.5 Å². The van der Waals surface area contributed by atoms with Gasteiger partial charge in [-0.2, -0.15) is 4.52 Å². The fourth-order valence-electron chi connectivity index (χ4n) is 4.53. The minimum Gasteiger partial charge on any atom is -0.351 e. The van der Waals surface area contributed by atoms with Crippen LogP contribution in [0.15, 0.2) is 79.1 Å². The van der Waals surface area contributed by atoms with Gasteiger partial charge in [-0.15, -0.1) is 5.10 Å². The van der Waals surface area contributed by atoms with Crippen LogP contribution < -0.4 is 5.32 Å². The minimum absolute atomic E-state index is 0.347. The predicted octanol–water partition coefficient (Wildman–Crippen LogP) is 4.42. The quantitative estimate of drug-likeness (QED) is 0.441. The lowest BCUT2D eigenvalue weighted by Gasteiger charge is -2.32. The van der Waals surface area contributed by atoms with E-state index in [-0.39, 0.29) is 0 Å². The van der Waals surface area contributed by atoms with Gasteiger partial charge in [0.05, 0.1) is 5.52 Å². The molecule has 1 saturated heterocycles. The minimum atomic E-state index is 0.347. The molecule has 0 saturated carbocycles. The van der Waals surface area contributed by atoms with Crippen LogP contribution >= 0.6 is 0 Å². The molecule has 1 fully saturated rings. The molecule has 1 aliphatic rings. The summed E-state index contributed by atoms with van der Waals surface area (Å²) in [5.41, 5.74) is 3.99. The van der Waals surface area contributed by atoms with Crippen LogP contribution in [0.1, 0.15) is 18.4 Å². The normalized spacial score (nSPS) is 15.3. The van der Waals surface area contributed by atoms with Crippen molar-refractivity contribution >= 4 is 22.5 Å². The van der Waals surface area contributed by atoms with Crippen LogP contribution in [-0.4, -0.2) is 48.6 Å². The van der Waals surface area contributed by atoms with Crippen LogP contribution in [0, 0.1) is 0 Å². The summed E-state index contributed by atoms with van der Waals surface area (Å²) in [6, 6.07) is 23.0. The van der Waals surface area contributed by atoms with Crippen molar-refractivity contribution in [1.82, 2.24) is 29.5 Å². The highest BCUT2D eigenvalue weighted by Crippen LogP contribution is 2.25. The lowest BCUT2D eigenvalue weighted by molar-refractivity contribution is 0.211. The third kappa shape index (κ3) is 4.03. The zero-order valence-corrected chi connectivity index (χ0v) is 18.3. The summed E-state index contributed by atoms with van der Waals surface area (Å²) in [5, 5.41) is 9.46. The molecule has 33 heavy (non-hydrogen) atoms. The largest absolute Gasteiger partial charge is 0.351 e. The summed E-state index contributed by atoms with van der Waals surface area (Å²) >= 11 is 0. The highest BCUT2D eigenvalue weighted by molar-refractivity contribution is 5.92. The van der Waals surface area contributed by atoms with Crippen LogP contribution in [0.2, 0.25) is 0 Å². The number of hydrogen-bond donors (Lipinski definition) is 1. The summed E-state index contributed by atoms with van der Waals surface area (Å²) in [5.74, 6) is 1.40. The number of likely N-dealkylation sites (tertiary alicyclic amines) is 1. The van der Waals surface area contributed by atoms with E-state index < -0.39 is 0 Å². The third-order valence-corrected chi connectivity index (χ3v) is 6.27. The van der Waals surface area contributed by atoms with Gasteiger partial charge in [-0.05, 0) is 42.7 Å². The van der Waals surface area contributed by atoms with Crippen molar-refractivity contribution in [2.24, 2.45) is 0 Å². The zero-order valence-electron chi connectivity index (χ0n) is 18.3. The number of nitrogens with zero attached hydrogens (tertiary/aromatic N) is 6. The van der Waals surface area contributed by atoms with Gasteiger partial charge in [-0.3, -0.25) is 9.88 Å². The molecule has 0 radical (unpaired) electrons. The molecular formula is C26H25N7. The zero-order chi connectivity index (χ0) is 22.0. The average Bonchev–Trinajstić information content (AvgIpc) is 3.33. The van der Waals surface area contributed by atoms with Crippen molar-refractivity contribution < 1.29 is 0 Å². The number of anilines is 1. The molecule has 3 aromatic heterocycles. The van der Waals surface area contributed by atoms with Crippen molar-refractivity contribution in [3.05, 3.63) is 84.7 Å². The summed E-state index contributed by atoms with van der Waals surface area (Å²) in [6.07, 6.45) is 5.67. The Bertz CT molecular complexity index is 1370. The van der Waals surface area contributed by atoms with E-state index in [4.69, 9.17) is 15.1 Å². The number of aromatic nitrogens is 5. The molecule has 0 bridgehead atoms. The van der Waals surface area contributed by atoms with Crippen molar-refractivity contribution in [3.63, 3.8) is 0 Å². The molecule has 4 heterocycles. The first-order valence-electron chi connectivity index (χ1n) is 11.4.